The monoisotopic (exact) mass is 302 g/mol. The van der Waals surface area contributed by atoms with E-state index in [1.54, 1.807) is 21.3 Å². The van der Waals surface area contributed by atoms with Crippen LogP contribution in [0.3, 0.4) is 0 Å². The van der Waals surface area contributed by atoms with E-state index in [1.807, 2.05) is 6.92 Å². The van der Waals surface area contributed by atoms with Crippen LogP contribution in [0.1, 0.15) is 30.9 Å². The standard InChI is InChI=1S/C13H19BrO3/c1-7(2)9-8(3)11(15-4)13(17-6)12(16-5)10(9)14/h7H,1-6H3. The predicted octanol–water partition coefficient (Wildman–Crippen LogP) is 3.91. The summed E-state index contributed by atoms with van der Waals surface area (Å²) in [6.07, 6.45) is 0. The minimum absolute atomic E-state index is 0.373. The van der Waals surface area contributed by atoms with Crippen LogP contribution in [0.4, 0.5) is 0 Å². The van der Waals surface area contributed by atoms with Crippen LogP contribution in [0.25, 0.3) is 0 Å². The average molecular weight is 303 g/mol. The maximum absolute atomic E-state index is 5.43. The molecule has 1 aromatic rings. The minimum Gasteiger partial charge on any atom is -0.492 e. The molecule has 0 atom stereocenters. The number of benzene rings is 1. The van der Waals surface area contributed by atoms with Gasteiger partial charge in [-0.15, -0.1) is 0 Å². The van der Waals surface area contributed by atoms with Gasteiger partial charge in [-0.25, -0.2) is 0 Å². The maximum Gasteiger partial charge on any atom is 0.204 e. The number of halogens is 1. The highest BCUT2D eigenvalue weighted by atomic mass is 79.9. The van der Waals surface area contributed by atoms with Crippen molar-refractivity contribution in [1.29, 1.82) is 0 Å². The Bertz CT molecular complexity index is 383. The lowest BCUT2D eigenvalue weighted by atomic mass is 9.96. The lowest BCUT2D eigenvalue weighted by Crippen LogP contribution is -2.03. The predicted molar refractivity (Wildman–Crippen MR) is 72.6 cm³/mol. The van der Waals surface area contributed by atoms with Crippen molar-refractivity contribution in [2.24, 2.45) is 0 Å². The van der Waals surface area contributed by atoms with Gasteiger partial charge in [0.2, 0.25) is 5.75 Å². The molecule has 0 saturated carbocycles. The van der Waals surface area contributed by atoms with E-state index in [0.717, 1.165) is 15.8 Å². The Labute approximate surface area is 111 Å². The Kier molecular flexibility index (Phi) is 4.69. The van der Waals surface area contributed by atoms with Gasteiger partial charge >= 0.3 is 0 Å². The van der Waals surface area contributed by atoms with Gasteiger partial charge < -0.3 is 14.2 Å². The van der Waals surface area contributed by atoms with Crippen molar-refractivity contribution in [3.63, 3.8) is 0 Å². The summed E-state index contributed by atoms with van der Waals surface area (Å²) in [5.74, 6) is 2.41. The third-order valence-corrected chi connectivity index (χ3v) is 3.57. The van der Waals surface area contributed by atoms with Crippen LogP contribution >= 0.6 is 15.9 Å². The summed E-state index contributed by atoms with van der Waals surface area (Å²) in [4.78, 5) is 0. The molecule has 0 aliphatic carbocycles. The van der Waals surface area contributed by atoms with Crippen molar-refractivity contribution in [2.45, 2.75) is 26.7 Å². The Hall–Kier alpha value is -0.900. The Morgan fingerprint density at radius 2 is 1.35 bits per heavy atom. The lowest BCUT2D eigenvalue weighted by molar-refractivity contribution is 0.320. The molecule has 1 aromatic carbocycles. The van der Waals surface area contributed by atoms with Gasteiger partial charge in [-0.3, -0.25) is 0 Å². The third kappa shape index (κ3) is 2.37. The van der Waals surface area contributed by atoms with Crippen molar-refractivity contribution in [3.8, 4) is 17.2 Å². The van der Waals surface area contributed by atoms with Crippen LogP contribution in [0.5, 0.6) is 17.2 Å². The van der Waals surface area contributed by atoms with Gasteiger partial charge in [0.25, 0.3) is 0 Å². The van der Waals surface area contributed by atoms with E-state index >= 15 is 0 Å². The summed E-state index contributed by atoms with van der Waals surface area (Å²) < 4.78 is 17.1. The molecular formula is C13H19BrO3. The molecule has 0 aliphatic heterocycles. The minimum atomic E-state index is 0.373. The van der Waals surface area contributed by atoms with Gasteiger partial charge in [0.1, 0.15) is 0 Å². The Morgan fingerprint density at radius 3 is 1.71 bits per heavy atom. The smallest absolute Gasteiger partial charge is 0.204 e. The molecule has 0 amide bonds. The van der Waals surface area contributed by atoms with Crippen molar-refractivity contribution < 1.29 is 14.2 Å². The Balaban J connectivity index is 3.67. The van der Waals surface area contributed by atoms with Crippen LogP contribution in [0, 0.1) is 6.92 Å². The zero-order valence-corrected chi connectivity index (χ0v) is 12.8. The molecule has 17 heavy (non-hydrogen) atoms. The van der Waals surface area contributed by atoms with E-state index in [1.165, 1.54) is 5.56 Å². The highest BCUT2D eigenvalue weighted by Gasteiger charge is 2.24. The van der Waals surface area contributed by atoms with Gasteiger partial charge in [0.15, 0.2) is 11.5 Å². The maximum atomic E-state index is 5.43. The summed E-state index contributed by atoms with van der Waals surface area (Å²) >= 11 is 3.59. The van der Waals surface area contributed by atoms with Crippen molar-refractivity contribution in [3.05, 3.63) is 15.6 Å². The van der Waals surface area contributed by atoms with Crippen molar-refractivity contribution >= 4 is 15.9 Å². The molecule has 0 unspecified atom stereocenters. The molecule has 0 heterocycles. The van der Waals surface area contributed by atoms with E-state index < -0.39 is 0 Å². The first kappa shape index (κ1) is 14.2. The number of methoxy groups -OCH3 is 3. The molecule has 0 bridgehead atoms. The number of rotatable bonds is 4. The second-order valence-corrected chi connectivity index (χ2v) is 4.90. The molecule has 0 fully saturated rings. The van der Waals surface area contributed by atoms with Gasteiger partial charge in [0, 0.05) is 0 Å². The number of ether oxygens (including phenoxy) is 3. The first-order valence-electron chi connectivity index (χ1n) is 5.47. The average Bonchev–Trinajstić information content (AvgIpc) is 2.27. The van der Waals surface area contributed by atoms with Gasteiger partial charge in [-0.1, -0.05) is 13.8 Å². The van der Waals surface area contributed by atoms with Crippen LogP contribution < -0.4 is 14.2 Å². The SMILES string of the molecule is COc1c(C)c(C(C)C)c(Br)c(OC)c1OC. The largest absolute Gasteiger partial charge is 0.492 e. The van der Waals surface area contributed by atoms with Crippen LogP contribution in [0.15, 0.2) is 4.47 Å². The molecule has 0 saturated heterocycles. The van der Waals surface area contributed by atoms with Crippen LogP contribution in [-0.4, -0.2) is 21.3 Å². The van der Waals surface area contributed by atoms with Gasteiger partial charge in [0.05, 0.1) is 25.8 Å². The van der Waals surface area contributed by atoms with E-state index in [-0.39, 0.29) is 0 Å². The number of hydrogen-bond acceptors (Lipinski definition) is 3. The normalized spacial score (nSPS) is 10.6. The quantitative estimate of drug-likeness (QED) is 0.844. The first-order valence-corrected chi connectivity index (χ1v) is 6.26. The van der Waals surface area contributed by atoms with Gasteiger partial charge in [-0.2, -0.15) is 0 Å². The summed E-state index contributed by atoms with van der Waals surface area (Å²) in [7, 11) is 4.88. The summed E-state index contributed by atoms with van der Waals surface area (Å²) in [6.45, 7) is 6.30. The van der Waals surface area contributed by atoms with Crippen LogP contribution in [0.2, 0.25) is 0 Å². The Morgan fingerprint density at radius 1 is 0.882 bits per heavy atom. The fraction of sp³-hybridized carbons (Fsp3) is 0.538. The molecule has 4 heteroatoms. The van der Waals surface area contributed by atoms with Crippen LogP contribution in [-0.2, 0) is 0 Å². The van der Waals surface area contributed by atoms with E-state index in [2.05, 4.69) is 29.8 Å². The molecule has 96 valence electrons. The molecule has 0 spiro atoms. The first-order chi connectivity index (χ1) is 7.99. The van der Waals surface area contributed by atoms with E-state index in [9.17, 15) is 0 Å². The zero-order valence-electron chi connectivity index (χ0n) is 11.2. The van der Waals surface area contributed by atoms with E-state index in [0.29, 0.717) is 17.4 Å². The van der Waals surface area contributed by atoms with Crippen molar-refractivity contribution in [1.82, 2.24) is 0 Å². The second-order valence-electron chi connectivity index (χ2n) is 4.11. The fourth-order valence-corrected chi connectivity index (χ4v) is 3.18. The fourth-order valence-electron chi connectivity index (χ4n) is 2.08. The summed E-state index contributed by atoms with van der Waals surface area (Å²) in [5.41, 5.74) is 2.26. The molecule has 0 N–H and O–H groups in total. The molecular weight excluding hydrogens is 284 g/mol. The molecule has 0 radical (unpaired) electrons. The molecule has 0 aromatic heterocycles. The lowest BCUT2D eigenvalue weighted by Gasteiger charge is -2.21. The van der Waals surface area contributed by atoms with E-state index in [4.69, 9.17) is 14.2 Å². The van der Waals surface area contributed by atoms with Gasteiger partial charge in [-0.05, 0) is 39.9 Å². The second kappa shape index (κ2) is 5.63. The highest BCUT2D eigenvalue weighted by Crippen LogP contribution is 2.49. The summed E-state index contributed by atoms with van der Waals surface area (Å²) in [5, 5.41) is 0. The highest BCUT2D eigenvalue weighted by molar-refractivity contribution is 9.10. The summed E-state index contributed by atoms with van der Waals surface area (Å²) in [6, 6.07) is 0. The number of hydrogen-bond donors (Lipinski definition) is 0. The zero-order chi connectivity index (χ0) is 13.2. The topological polar surface area (TPSA) is 27.7 Å². The third-order valence-electron chi connectivity index (χ3n) is 2.78. The van der Waals surface area contributed by atoms with Crippen molar-refractivity contribution in [2.75, 3.05) is 21.3 Å². The molecule has 3 nitrogen and oxygen atoms in total. The molecule has 0 aliphatic rings. The molecule has 1 rings (SSSR count).